The van der Waals surface area contributed by atoms with Gasteiger partial charge in [0.05, 0.1) is 0 Å². The molecule has 0 radical (unpaired) electrons. The van der Waals surface area contributed by atoms with Crippen LogP contribution in [0.15, 0.2) is 0 Å². The Kier molecular flexibility index (Phi) is 4.49. The third kappa shape index (κ3) is 5.57. The number of nitrogens with one attached hydrogen (secondary N) is 1. The van der Waals surface area contributed by atoms with Crippen LogP contribution in [0.2, 0.25) is 19.6 Å². The lowest BCUT2D eigenvalue weighted by molar-refractivity contribution is 0.365. The molecule has 0 saturated heterocycles. The fourth-order valence-electron chi connectivity index (χ4n) is 0.485. The molecule has 0 saturated carbocycles. The second-order valence-electron chi connectivity index (χ2n) is 4.08. The SMILES string of the molecule is CN(C)N[SiH2]N(C)[Si](C)(C)C. The zero-order chi connectivity index (χ0) is 9.07. The maximum absolute atomic E-state index is 3.38. The van der Waals surface area contributed by atoms with Crippen molar-refractivity contribution in [2.75, 3.05) is 21.1 Å². The van der Waals surface area contributed by atoms with Gasteiger partial charge < -0.3 is 4.23 Å². The Labute approximate surface area is 73.8 Å². The van der Waals surface area contributed by atoms with Crippen molar-refractivity contribution >= 4 is 18.1 Å². The molecule has 0 heterocycles. The average Bonchev–Trinajstić information content (AvgIpc) is 1.80. The molecule has 11 heavy (non-hydrogen) atoms. The number of hydrogen-bond acceptors (Lipinski definition) is 3. The number of rotatable bonds is 4. The molecule has 0 aliphatic heterocycles. The molecule has 0 aromatic rings. The van der Waals surface area contributed by atoms with E-state index >= 15 is 0 Å². The van der Waals surface area contributed by atoms with Crippen LogP contribution in [-0.4, -0.2) is 48.5 Å². The molecule has 0 rings (SSSR count). The summed E-state index contributed by atoms with van der Waals surface area (Å²) in [7, 11) is 5.06. The van der Waals surface area contributed by atoms with E-state index in [4.69, 9.17) is 0 Å². The minimum atomic E-state index is -1.02. The summed E-state index contributed by atoms with van der Waals surface area (Å²) in [5.74, 6) is 0. The topological polar surface area (TPSA) is 18.5 Å². The van der Waals surface area contributed by atoms with Gasteiger partial charge in [0.2, 0.25) is 0 Å². The van der Waals surface area contributed by atoms with Gasteiger partial charge in [0, 0.05) is 14.1 Å². The van der Waals surface area contributed by atoms with Gasteiger partial charge in [0.25, 0.3) is 0 Å². The third-order valence-electron chi connectivity index (χ3n) is 1.77. The van der Waals surface area contributed by atoms with Crippen molar-refractivity contribution in [3.05, 3.63) is 0 Å². The highest BCUT2D eigenvalue weighted by Crippen LogP contribution is 2.02. The van der Waals surface area contributed by atoms with E-state index in [1.165, 1.54) is 0 Å². The molecule has 0 atom stereocenters. The molecule has 0 bridgehead atoms. The van der Waals surface area contributed by atoms with Gasteiger partial charge in [-0.2, -0.15) is 0 Å². The van der Waals surface area contributed by atoms with Gasteiger partial charge in [-0.3, -0.25) is 10.1 Å². The van der Waals surface area contributed by atoms with Crippen molar-refractivity contribution < 1.29 is 0 Å². The van der Waals surface area contributed by atoms with E-state index in [0.717, 1.165) is 0 Å². The van der Waals surface area contributed by atoms with E-state index in [9.17, 15) is 0 Å². The van der Waals surface area contributed by atoms with Crippen LogP contribution in [0.1, 0.15) is 0 Å². The molecule has 0 amide bonds. The molecule has 3 nitrogen and oxygen atoms in total. The van der Waals surface area contributed by atoms with Crippen LogP contribution in [-0.2, 0) is 0 Å². The molecule has 68 valence electrons. The number of hydrogen-bond donors (Lipinski definition) is 1. The summed E-state index contributed by atoms with van der Waals surface area (Å²) in [5, 5.41) is 5.43. The summed E-state index contributed by atoms with van der Waals surface area (Å²) in [6, 6.07) is 0. The molecule has 0 aromatic heterocycles. The Morgan fingerprint density at radius 1 is 1.09 bits per heavy atom. The first-order chi connectivity index (χ1) is 4.84. The highest BCUT2D eigenvalue weighted by Gasteiger charge is 2.19. The zero-order valence-electron chi connectivity index (χ0n) is 8.60. The van der Waals surface area contributed by atoms with Crippen molar-refractivity contribution in [1.82, 2.24) is 14.3 Å². The van der Waals surface area contributed by atoms with Crippen LogP contribution in [0.3, 0.4) is 0 Å². The van der Waals surface area contributed by atoms with Crippen LogP contribution >= 0.6 is 0 Å². The van der Waals surface area contributed by atoms with Crippen LogP contribution in [0.5, 0.6) is 0 Å². The maximum Gasteiger partial charge on any atom is 0.178 e. The smallest absolute Gasteiger partial charge is 0.178 e. The summed E-state index contributed by atoms with van der Waals surface area (Å²) in [5.41, 5.74) is 0. The Morgan fingerprint density at radius 2 is 1.55 bits per heavy atom. The van der Waals surface area contributed by atoms with Crippen LogP contribution in [0.25, 0.3) is 0 Å². The Morgan fingerprint density at radius 3 is 1.82 bits per heavy atom. The Balaban J connectivity index is 3.61. The van der Waals surface area contributed by atoms with Gasteiger partial charge in [0.1, 0.15) is 8.24 Å². The fraction of sp³-hybridized carbons (Fsp3) is 1.00. The van der Waals surface area contributed by atoms with E-state index in [1.807, 2.05) is 19.1 Å². The van der Waals surface area contributed by atoms with Crippen molar-refractivity contribution in [1.29, 1.82) is 0 Å². The molecule has 5 heteroatoms. The van der Waals surface area contributed by atoms with E-state index < -0.39 is 8.24 Å². The van der Waals surface area contributed by atoms with E-state index in [2.05, 4.69) is 36.0 Å². The first kappa shape index (κ1) is 11.3. The number of hydrazine groups is 1. The minimum absolute atomic E-state index is 0.245. The number of nitrogens with zero attached hydrogens (tertiary/aromatic N) is 2. The second-order valence-corrected chi connectivity index (χ2v) is 11.4. The van der Waals surface area contributed by atoms with Crippen LogP contribution < -0.4 is 5.09 Å². The monoisotopic (exact) mass is 191 g/mol. The van der Waals surface area contributed by atoms with Crippen molar-refractivity contribution in [3.63, 3.8) is 0 Å². The lowest BCUT2D eigenvalue weighted by Crippen LogP contribution is -2.52. The summed E-state index contributed by atoms with van der Waals surface area (Å²) in [6.07, 6.45) is 0. The largest absolute Gasteiger partial charge is 0.341 e. The summed E-state index contributed by atoms with van der Waals surface area (Å²) >= 11 is 0. The van der Waals surface area contributed by atoms with Gasteiger partial charge >= 0.3 is 0 Å². The van der Waals surface area contributed by atoms with Gasteiger partial charge in [-0.1, -0.05) is 19.6 Å². The highest BCUT2D eigenvalue weighted by molar-refractivity contribution is 6.78. The van der Waals surface area contributed by atoms with Gasteiger partial charge in [0.15, 0.2) is 9.84 Å². The van der Waals surface area contributed by atoms with Crippen molar-refractivity contribution in [2.45, 2.75) is 19.6 Å². The summed E-state index contributed by atoms with van der Waals surface area (Å²) in [4.78, 5) is 0. The Hall–Kier alpha value is 0.314. The fourth-order valence-corrected chi connectivity index (χ4v) is 3.09. The minimum Gasteiger partial charge on any atom is -0.341 e. The molecule has 1 N–H and O–H groups in total. The lowest BCUT2D eigenvalue weighted by atomic mass is 11.2. The normalized spacial score (nSPS) is 14.2. The second kappa shape index (κ2) is 4.37. The zero-order valence-corrected chi connectivity index (χ0v) is 11.0. The van der Waals surface area contributed by atoms with E-state index in [0.29, 0.717) is 0 Å². The standard InChI is InChI=1S/C6H21N3Si2/c1-8(2)7-10-9(3)11(4,5)6/h7H,10H2,1-6H3. The molecular formula is C6H21N3Si2. The predicted molar refractivity (Wildman–Crippen MR) is 56.5 cm³/mol. The van der Waals surface area contributed by atoms with Gasteiger partial charge in [-0.15, -0.1) is 0 Å². The first-order valence-corrected chi connectivity index (χ1v) is 8.75. The third-order valence-corrected chi connectivity index (χ3v) is 8.63. The van der Waals surface area contributed by atoms with Gasteiger partial charge in [-0.25, -0.2) is 0 Å². The molecule has 0 fully saturated rings. The first-order valence-electron chi connectivity index (χ1n) is 3.96. The van der Waals surface area contributed by atoms with Crippen molar-refractivity contribution in [3.8, 4) is 0 Å². The summed E-state index contributed by atoms with van der Waals surface area (Å²) in [6.45, 7) is 7.12. The van der Waals surface area contributed by atoms with E-state index in [1.54, 1.807) is 0 Å². The average molecular weight is 191 g/mol. The Bertz CT molecular complexity index is 111. The molecule has 0 aliphatic rings. The van der Waals surface area contributed by atoms with Gasteiger partial charge in [-0.05, 0) is 7.05 Å². The summed E-state index contributed by atoms with van der Waals surface area (Å²) < 4.78 is 2.53. The van der Waals surface area contributed by atoms with Crippen LogP contribution in [0, 0.1) is 0 Å². The predicted octanol–water partition coefficient (Wildman–Crippen LogP) is -0.182. The highest BCUT2D eigenvalue weighted by atomic mass is 28.4. The maximum atomic E-state index is 3.38. The lowest BCUT2D eigenvalue weighted by Gasteiger charge is -2.31. The molecule has 0 aromatic carbocycles. The van der Waals surface area contributed by atoms with Crippen molar-refractivity contribution in [2.24, 2.45) is 0 Å². The van der Waals surface area contributed by atoms with E-state index in [-0.39, 0.29) is 9.84 Å². The van der Waals surface area contributed by atoms with Crippen LogP contribution in [0.4, 0.5) is 0 Å². The molecule has 0 aliphatic carbocycles. The molecule has 0 spiro atoms. The molecular weight excluding hydrogens is 170 g/mol. The molecule has 0 unspecified atom stereocenters. The quantitative estimate of drug-likeness (QED) is 0.491.